The summed E-state index contributed by atoms with van der Waals surface area (Å²) in [7, 11) is -0.663. The number of Topliss-reactive ketones (excluding diaryl/α,β-unsaturated/α-hetero) is 1. The molecule has 4 N–H and O–H groups in total. The number of rotatable bonds is 15. The van der Waals surface area contributed by atoms with E-state index in [2.05, 4.69) is 25.2 Å². The summed E-state index contributed by atoms with van der Waals surface area (Å²) in [5.74, 6) is 1.89. The Kier molecular flexibility index (Phi) is 13.4. The van der Waals surface area contributed by atoms with Gasteiger partial charge in [0.25, 0.3) is 0 Å². The minimum Gasteiger partial charge on any atom is -0.496 e. The van der Waals surface area contributed by atoms with E-state index >= 15 is 0 Å². The van der Waals surface area contributed by atoms with E-state index in [9.17, 15) is 23.1 Å². The van der Waals surface area contributed by atoms with Gasteiger partial charge in [0.15, 0.2) is 11.5 Å². The number of nitrogens with one attached hydrogen (secondary N) is 3. The molecule has 0 atom stereocenters. The molecular formula is C45H53N5O8S. The molecule has 0 aliphatic carbocycles. The zero-order valence-electron chi connectivity index (χ0n) is 34.4. The number of ether oxygens (including phenoxy) is 3. The molecule has 1 saturated heterocycles. The number of anilines is 3. The van der Waals surface area contributed by atoms with Crippen LogP contribution in [0.5, 0.6) is 23.0 Å². The summed E-state index contributed by atoms with van der Waals surface area (Å²) in [5.41, 5.74) is 3.71. The number of nitrogens with zero attached hydrogens (tertiary/aromatic N) is 2. The van der Waals surface area contributed by atoms with E-state index < -0.39 is 16.1 Å². The molecule has 13 nitrogen and oxygen atoms in total. The lowest BCUT2D eigenvalue weighted by atomic mass is 9.86. The number of fused-ring (bicyclic) bond motifs is 1. The predicted molar refractivity (Wildman–Crippen MR) is 232 cm³/mol. The lowest BCUT2D eigenvalue weighted by Gasteiger charge is -2.29. The van der Waals surface area contributed by atoms with Crippen LogP contribution in [0.15, 0.2) is 85.1 Å². The Morgan fingerprint density at radius 3 is 2.27 bits per heavy atom. The lowest BCUT2D eigenvalue weighted by molar-refractivity contribution is 0.0799. The van der Waals surface area contributed by atoms with E-state index in [0.717, 1.165) is 72.7 Å². The first-order valence-corrected chi connectivity index (χ1v) is 21.5. The molecule has 0 unspecified atom stereocenters. The van der Waals surface area contributed by atoms with E-state index in [4.69, 9.17) is 14.2 Å². The highest BCUT2D eigenvalue weighted by Crippen LogP contribution is 2.40. The third-order valence-corrected chi connectivity index (χ3v) is 10.8. The van der Waals surface area contributed by atoms with E-state index in [-0.39, 0.29) is 28.7 Å². The largest absolute Gasteiger partial charge is 0.496 e. The number of pyridine rings is 1. The van der Waals surface area contributed by atoms with Crippen molar-refractivity contribution < 1.29 is 37.3 Å². The first-order valence-electron chi connectivity index (χ1n) is 19.6. The van der Waals surface area contributed by atoms with Gasteiger partial charge in [-0.05, 0) is 84.8 Å². The van der Waals surface area contributed by atoms with Gasteiger partial charge in [-0.1, -0.05) is 51.1 Å². The Labute approximate surface area is 346 Å². The number of hydrogen-bond acceptors (Lipinski definition) is 10. The quantitative estimate of drug-likeness (QED) is 0.0753. The normalized spacial score (nSPS) is 13.8. The van der Waals surface area contributed by atoms with Gasteiger partial charge in [0, 0.05) is 54.7 Å². The second-order valence-corrected chi connectivity index (χ2v) is 17.6. The highest BCUT2D eigenvalue weighted by molar-refractivity contribution is 7.92. The Balaban J connectivity index is 1.14. The highest BCUT2D eigenvalue weighted by Gasteiger charge is 2.23. The molecule has 5 aromatic rings. The molecule has 0 saturated carbocycles. The maximum absolute atomic E-state index is 13.5. The number of likely N-dealkylation sites (tertiary alicyclic amines) is 1. The van der Waals surface area contributed by atoms with Gasteiger partial charge in [0.2, 0.25) is 10.0 Å². The number of ketones is 1. The van der Waals surface area contributed by atoms with Crippen molar-refractivity contribution in [2.75, 3.05) is 55.5 Å². The summed E-state index contributed by atoms with van der Waals surface area (Å²) < 4.78 is 44.5. The number of benzene rings is 4. The number of hydrogen-bond donors (Lipinski definition) is 4. The number of sulfonamides is 1. The summed E-state index contributed by atoms with van der Waals surface area (Å²) in [6.07, 6.45) is 5.74. The molecule has 0 radical (unpaired) electrons. The van der Waals surface area contributed by atoms with Crippen LogP contribution in [0.2, 0.25) is 0 Å². The number of aliphatic hydroxyl groups is 1. The lowest BCUT2D eigenvalue weighted by Crippen LogP contribution is -2.36. The molecule has 1 aliphatic rings. The van der Waals surface area contributed by atoms with Crippen molar-refractivity contribution in [3.05, 3.63) is 107 Å². The van der Waals surface area contributed by atoms with Crippen LogP contribution in [-0.2, 0) is 21.9 Å². The number of aromatic nitrogens is 1. The van der Waals surface area contributed by atoms with Crippen LogP contribution in [-0.4, -0.2) is 81.4 Å². The monoisotopic (exact) mass is 823 g/mol. The molecule has 2 heterocycles. The van der Waals surface area contributed by atoms with Crippen LogP contribution in [0.4, 0.5) is 21.9 Å². The third kappa shape index (κ3) is 11.3. The summed E-state index contributed by atoms with van der Waals surface area (Å²) in [4.78, 5) is 33.5. The average molecular weight is 824 g/mol. The number of carbonyl (C=O) groups is 2. The van der Waals surface area contributed by atoms with Gasteiger partial charge in [-0.2, -0.15) is 0 Å². The number of amides is 2. The van der Waals surface area contributed by atoms with Gasteiger partial charge < -0.3 is 34.9 Å². The number of urea groups is 1. The number of carbonyl (C=O) groups excluding carboxylic acids is 2. The molecule has 59 heavy (non-hydrogen) atoms. The van der Waals surface area contributed by atoms with E-state index in [1.807, 2.05) is 69.3 Å². The minimum atomic E-state index is -3.64. The van der Waals surface area contributed by atoms with Crippen molar-refractivity contribution in [1.29, 1.82) is 0 Å². The molecule has 4 aromatic carbocycles. The van der Waals surface area contributed by atoms with Gasteiger partial charge in [-0.15, -0.1) is 0 Å². The second-order valence-electron chi connectivity index (χ2n) is 15.9. The average Bonchev–Trinajstić information content (AvgIpc) is 3.18. The van der Waals surface area contributed by atoms with E-state index in [1.165, 1.54) is 7.11 Å². The van der Waals surface area contributed by atoms with Crippen LogP contribution >= 0.6 is 0 Å². The number of methoxy groups -OCH3 is 2. The number of piperidine rings is 1. The molecule has 14 heteroatoms. The van der Waals surface area contributed by atoms with Gasteiger partial charge in [-0.25, -0.2) is 13.2 Å². The van der Waals surface area contributed by atoms with Gasteiger partial charge in [0.1, 0.15) is 17.2 Å². The van der Waals surface area contributed by atoms with Crippen molar-refractivity contribution in [1.82, 2.24) is 9.88 Å². The van der Waals surface area contributed by atoms with E-state index in [1.54, 1.807) is 43.6 Å². The smallest absolute Gasteiger partial charge is 0.323 e. The highest BCUT2D eigenvalue weighted by atomic mass is 32.2. The maximum Gasteiger partial charge on any atom is 0.323 e. The minimum absolute atomic E-state index is 0.0391. The van der Waals surface area contributed by atoms with Crippen LogP contribution in [0.1, 0.15) is 73.6 Å². The topological polar surface area (TPSA) is 168 Å². The maximum atomic E-state index is 13.5. The molecular weight excluding hydrogens is 771 g/mol. The zero-order valence-corrected chi connectivity index (χ0v) is 35.2. The summed E-state index contributed by atoms with van der Waals surface area (Å²) in [6.45, 7) is 8.51. The standard InChI is InChI=1S/C45H53N5O8S/c1-45(2,3)30-26-38(43(57-5)39(27-30)49-59(6,54)55)48-44(53)47-37-15-16-41(35-11-8-7-10-34(35)37)58-33-17-20-46-31(28-33)24-29-13-14-36(42(25-29)56-4)40(52)12-9-21-50-22-18-32(51)19-23-50/h7-8,10-11,13-17,20,25-28,32,49,51H,9,12,18-19,21-24H2,1-6H3,(H2,47,48,53). The molecule has 1 aliphatic heterocycles. The molecule has 312 valence electrons. The Morgan fingerprint density at radius 2 is 1.58 bits per heavy atom. The Hall–Kier alpha value is -5.70. The summed E-state index contributed by atoms with van der Waals surface area (Å²) >= 11 is 0. The molecule has 2 amide bonds. The van der Waals surface area contributed by atoms with Gasteiger partial charge in [-0.3, -0.25) is 14.5 Å². The predicted octanol–water partition coefficient (Wildman–Crippen LogP) is 8.37. The van der Waals surface area contributed by atoms with Crippen molar-refractivity contribution >= 4 is 49.7 Å². The molecule has 0 bridgehead atoms. The zero-order chi connectivity index (χ0) is 42.3. The Bertz CT molecular complexity index is 2420. The summed E-state index contributed by atoms with van der Waals surface area (Å²) in [6, 6.07) is 23.3. The fourth-order valence-electron chi connectivity index (χ4n) is 7.16. The van der Waals surface area contributed by atoms with Crippen LogP contribution in [0.3, 0.4) is 0 Å². The molecule has 0 spiro atoms. The Morgan fingerprint density at radius 1 is 0.864 bits per heavy atom. The SMILES string of the molecule is COc1cc(Cc2cc(Oc3ccc(NC(=O)Nc4cc(C(C)(C)C)cc(NS(C)(=O)=O)c4OC)c4ccccc34)ccn2)ccc1C(=O)CCCN1CCC(O)CC1. The molecule has 1 aromatic heterocycles. The fourth-order valence-corrected chi connectivity index (χ4v) is 7.72. The first kappa shape index (κ1) is 42.9. The van der Waals surface area contributed by atoms with Crippen LogP contribution in [0, 0.1) is 0 Å². The molecule has 1 fully saturated rings. The van der Waals surface area contributed by atoms with E-state index in [0.29, 0.717) is 47.0 Å². The first-order chi connectivity index (χ1) is 28.1. The second kappa shape index (κ2) is 18.5. The van der Waals surface area contributed by atoms with Crippen LogP contribution < -0.4 is 29.6 Å². The van der Waals surface area contributed by atoms with Crippen molar-refractivity contribution in [3.8, 4) is 23.0 Å². The van der Waals surface area contributed by atoms with Crippen molar-refractivity contribution in [2.24, 2.45) is 0 Å². The summed E-state index contributed by atoms with van der Waals surface area (Å²) in [5, 5.41) is 17.0. The van der Waals surface area contributed by atoms with Crippen LogP contribution in [0.25, 0.3) is 10.8 Å². The van der Waals surface area contributed by atoms with Crippen molar-refractivity contribution in [2.45, 2.75) is 64.4 Å². The van der Waals surface area contributed by atoms with Crippen molar-refractivity contribution in [3.63, 3.8) is 0 Å². The third-order valence-electron chi connectivity index (χ3n) is 10.2. The van der Waals surface area contributed by atoms with Gasteiger partial charge >= 0.3 is 6.03 Å². The van der Waals surface area contributed by atoms with Gasteiger partial charge in [0.05, 0.1) is 49.2 Å². The number of aliphatic hydroxyl groups excluding tert-OH is 1. The molecule has 6 rings (SSSR count). The fraction of sp³-hybridized carbons (Fsp3) is 0.356.